The van der Waals surface area contributed by atoms with Crippen molar-refractivity contribution in [3.05, 3.63) is 54.1 Å². The van der Waals surface area contributed by atoms with Crippen molar-refractivity contribution in [3.63, 3.8) is 0 Å². The minimum absolute atomic E-state index is 0.165. The number of imidazole rings is 1. The second-order valence-corrected chi connectivity index (χ2v) is 6.95. The topological polar surface area (TPSA) is 76.5 Å². The lowest BCUT2D eigenvalue weighted by molar-refractivity contribution is -0.128. The number of nitrogens with zero attached hydrogens (tertiary/aromatic N) is 3. The van der Waals surface area contributed by atoms with E-state index < -0.39 is 0 Å². The van der Waals surface area contributed by atoms with Gasteiger partial charge in [-0.25, -0.2) is 4.98 Å². The van der Waals surface area contributed by atoms with Crippen molar-refractivity contribution < 1.29 is 14.3 Å². The summed E-state index contributed by atoms with van der Waals surface area (Å²) in [5, 5.41) is 2.91. The number of fused-ring (bicyclic) bond motifs is 1. The Morgan fingerprint density at radius 1 is 1.17 bits per heavy atom. The highest BCUT2D eigenvalue weighted by molar-refractivity contribution is 6.06. The molecule has 2 aromatic carbocycles. The van der Waals surface area contributed by atoms with Crippen LogP contribution in [0.2, 0.25) is 0 Å². The summed E-state index contributed by atoms with van der Waals surface area (Å²) >= 11 is 0. The Bertz CT molecular complexity index is 1040. The molecule has 7 nitrogen and oxygen atoms in total. The minimum atomic E-state index is -0.275. The van der Waals surface area contributed by atoms with Crippen LogP contribution in [0, 0.1) is 0 Å². The van der Waals surface area contributed by atoms with Gasteiger partial charge in [-0.05, 0) is 37.6 Å². The smallest absolute Gasteiger partial charge is 0.261 e. The molecule has 7 heteroatoms. The molecule has 2 amide bonds. The lowest BCUT2D eigenvalue weighted by Gasteiger charge is -2.17. The van der Waals surface area contributed by atoms with Gasteiger partial charge in [-0.3, -0.25) is 14.9 Å². The Labute approximate surface area is 169 Å². The molecule has 0 aliphatic carbocycles. The lowest BCUT2D eigenvalue weighted by Crippen LogP contribution is -2.29. The maximum Gasteiger partial charge on any atom is 0.261 e. The van der Waals surface area contributed by atoms with Gasteiger partial charge in [-0.1, -0.05) is 24.3 Å². The van der Waals surface area contributed by atoms with Crippen LogP contribution in [0.5, 0.6) is 5.75 Å². The maximum atomic E-state index is 12.9. The molecule has 1 saturated heterocycles. The van der Waals surface area contributed by atoms with E-state index in [1.165, 1.54) is 0 Å². The monoisotopic (exact) mass is 392 g/mol. The number of benzene rings is 2. The zero-order valence-electron chi connectivity index (χ0n) is 16.4. The van der Waals surface area contributed by atoms with Crippen LogP contribution in [0.3, 0.4) is 0 Å². The number of hydrogen-bond acceptors (Lipinski definition) is 4. The number of carbonyl (C=O) groups is 2. The van der Waals surface area contributed by atoms with Crippen LogP contribution in [-0.2, 0) is 11.3 Å². The number of aromatic nitrogens is 2. The maximum absolute atomic E-state index is 12.9. The summed E-state index contributed by atoms with van der Waals surface area (Å²) in [6.45, 7) is 4.36. The van der Waals surface area contributed by atoms with Crippen molar-refractivity contribution in [1.82, 2.24) is 14.5 Å². The van der Waals surface area contributed by atoms with Gasteiger partial charge in [0.2, 0.25) is 11.9 Å². The van der Waals surface area contributed by atoms with E-state index in [2.05, 4.69) is 10.3 Å². The molecule has 1 fully saturated rings. The predicted molar refractivity (Wildman–Crippen MR) is 111 cm³/mol. The van der Waals surface area contributed by atoms with Crippen LogP contribution < -0.4 is 10.1 Å². The summed E-state index contributed by atoms with van der Waals surface area (Å²) in [5.74, 6) is 0.896. The molecule has 2 heterocycles. The van der Waals surface area contributed by atoms with Gasteiger partial charge < -0.3 is 14.2 Å². The third-order valence-electron chi connectivity index (χ3n) is 5.12. The fraction of sp³-hybridized carbons (Fsp3) is 0.318. The Morgan fingerprint density at radius 3 is 2.76 bits per heavy atom. The van der Waals surface area contributed by atoms with E-state index >= 15 is 0 Å². The highest BCUT2D eigenvalue weighted by atomic mass is 16.5. The number of aryl methyl sites for hydroxylation is 1. The summed E-state index contributed by atoms with van der Waals surface area (Å²) in [6, 6.07) is 14.9. The molecule has 3 aromatic rings. The summed E-state index contributed by atoms with van der Waals surface area (Å²) in [5.41, 5.74) is 2.25. The number of ether oxygens (including phenoxy) is 1. The molecule has 1 aromatic heterocycles. The van der Waals surface area contributed by atoms with Crippen molar-refractivity contribution in [1.29, 1.82) is 0 Å². The second kappa shape index (κ2) is 8.34. The van der Waals surface area contributed by atoms with Gasteiger partial charge in [0.05, 0.1) is 23.1 Å². The normalized spacial score (nSPS) is 13.8. The molecule has 0 atom stereocenters. The molecule has 0 bridgehead atoms. The average Bonchev–Trinajstić information content (AvgIpc) is 3.30. The zero-order valence-corrected chi connectivity index (χ0v) is 16.4. The van der Waals surface area contributed by atoms with Crippen molar-refractivity contribution in [2.24, 2.45) is 0 Å². The fourth-order valence-electron chi connectivity index (χ4n) is 3.65. The van der Waals surface area contributed by atoms with E-state index in [1.807, 2.05) is 41.8 Å². The molecular formula is C22H24N4O3. The minimum Gasteiger partial charge on any atom is -0.491 e. The number of amides is 2. The second-order valence-electron chi connectivity index (χ2n) is 6.95. The fourth-order valence-corrected chi connectivity index (χ4v) is 3.65. The third-order valence-corrected chi connectivity index (χ3v) is 5.12. The third kappa shape index (κ3) is 3.94. The molecule has 4 rings (SSSR count). The van der Waals surface area contributed by atoms with E-state index in [-0.39, 0.29) is 11.8 Å². The zero-order chi connectivity index (χ0) is 20.2. The van der Waals surface area contributed by atoms with E-state index in [9.17, 15) is 9.59 Å². The quantitative estimate of drug-likeness (QED) is 0.669. The average molecular weight is 392 g/mol. The predicted octanol–water partition coefficient (Wildman–Crippen LogP) is 3.31. The van der Waals surface area contributed by atoms with Crippen LogP contribution in [0.25, 0.3) is 11.0 Å². The van der Waals surface area contributed by atoms with Gasteiger partial charge in [-0.15, -0.1) is 0 Å². The van der Waals surface area contributed by atoms with Gasteiger partial charge >= 0.3 is 0 Å². The first kappa shape index (κ1) is 19.0. The Hall–Kier alpha value is -3.35. The highest BCUT2D eigenvalue weighted by Gasteiger charge is 2.20. The largest absolute Gasteiger partial charge is 0.491 e. The van der Waals surface area contributed by atoms with Crippen molar-refractivity contribution >= 4 is 28.8 Å². The lowest BCUT2D eigenvalue weighted by atomic mass is 10.2. The number of likely N-dealkylation sites (tertiary alicyclic amines) is 1. The number of para-hydroxylation sites is 3. The Morgan fingerprint density at radius 2 is 1.97 bits per heavy atom. The Balaban J connectivity index is 1.48. The van der Waals surface area contributed by atoms with Gasteiger partial charge in [0.25, 0.3) is 5.91 Å². The molecule has 29 heavy (non-hydrogen) atoms. The van der Waals surface area contributed by atoms with E-state index in [0.717, 1.165) is 24.0 Å². The first-order valence-electron chi connectivity index (χ1n) is 9.93. The molecule has 0 radical (unpaired) electrons. The van der Waals surface area contributed by atoms with Gasteiger partial charge in [-0.2, -0.15) is 0 Å². The van der Waals surface area contributed by atoms with Crippen molar-refractivity contribution in [2.75, 3.05) is 25.0 Å². The molecule has 0 spiro atoms. The van der Waals surface area contributed by atoms with Gasteiger partial charge in [0.1, 0.15) is 12.4 Å². The standard InChI is InChI=1S/C22H24N4O3/c1-2-26-18-10-5-4-9-17(18)23-22(26)24-21(28)16-8-3-6-11-19(16)29-15-14-25-13-7-12-20(25)27/h3-6,8-11H,2,7,12-15H2,1H3,(H,23,24,28). The molecular weight excluding hydrogens is 368 g/mol. The van der Waals surface area contributed by atoms with E-state index in [0.29, 0.717) is 43.4 Å². The molecule has 1 aliphatic heterocycles. The van der Waals surface area contributed by atoms with E-state index in [4.69, 9.17) is 4.74 Å². The van der Waals surface area contributed by atoms with Gasteiger partial charge in [0, 0.05) is 19.5 Å². The summed E-state index contributed by atoms with van der Waals surface area (Å²) in [4.78, 5) is 31.0. The molecule has 150 valence electrons. The SMILES string of the molecule is CCn1c(NC(=O)c2ccccc2OCCN2CCCC2=O)nc2ccccc21. The van der Waals surface area contributed by atoms with Crippen LogP contribution in [0.1, 0.15) is 30.1 Å². The summed E-state index contributed by atoms with van der Waals surface area (Å²) in [7, 11) is 0. The van der Waals surface area contributed by atoms with E-state index in [1.54, 1.807) is 23.1 Å². The van der Waals surface area contributed by atoms with Crippen LogP contribution >= 0.6 is 0 Å². The number of anilines is 1. The molecule has 0 unspecified atom stereocenters. The van der Waals surface area contributed by atoms with Gasteiger partial charge in [0.15, 0.2) is 0 Å². The number of nitrogens with one attached hydrogen (secondary N) is 1. The molecule has 0 saturated carbocycles. The number of rotatable bonds is 7. The summed E-state index contributed by atoms with van der Waals surface area (Å²) < 4.78 is 7.81. The summed E-state index contributed by atoms with van der Waals surface area (Å²) in [6.07, 6.45) is 1.51. The van der Waals surface area contributed by atoms with Crippen LogP contribution in [-0.4, -0.2) is 46.0 Å². The first-order chi connectivity index (χ1) is 14.2. The number of carbonyl (C=O) groups excluding carboxylic acids is 2. The van der Waals surface area contributed by atoms with Crippen molar-refractivity contribution in [2.45, 2.75) is 26.3 Å². The van der Waals surface area contributed by atoms with Crippen LogP contribution in [0.4, 0.5) is 5.95 Å². The Kier molecular flexibility index (Phi) is 5.46. The first-order valence-corrected chi connectivity index (χ1v) is 9.93. The van der Waals surface area contributed by atoms with Crippen LogP contribution in [0.15, 0.2) is 48.5 Å². The number of hydrogen-bond donors (Lipinski definition) is 1. The molecule has 1 aliphatic rings. The van der Waals surface area contributed by atoms with Crippen molar-refractivity contribution in [3.8, 4) is 5.75 Å². The highest BCUT2D eigenvalue weighted by Crippen LogP contribution is 2.23. The molecule has 1 N–H and O–H groups in total.